The summed E-state index contributed by atoms with van der Waals surface area (Å²) in [6, 6.07) is 0. The molecule has 1 heterocycles. The van der Waals surface area contributed by atoms with Crippen LogP contribution >= 0.6 is 0 Å². The molecular weight excluding hydrogens is 197 g/mol. The van der Waals surface area contributed by atoms with Gasteiger partial charge in [-0.3, -0.25) is 9.48 Å². The van der Waals surface area contributed by atoms with E-state index in [0.717, 1.165) is 17.8 Å². The third-order valence-electron chi connectivity index (χ3n) is 1.73. The molecule has 0 aliphatic heterocycles. The van der Waals surface area contributed by atoms with E-state index in [-0.39, 0.29) is 5.56 Å². The zero-order valence-electron chi connectivity index (χ0n) is 7.72. The largest absolute Gasteiger partial charge is 0.435 e. The topological polar surface area (TPSA) is 34.9 Å². The third-order valence-corrected chi connectivity index (χ3v) is 1.73. The van der Waals surface area contributed by atoms with Crippen molar-refractivity contribution in [3.63, 3.8) is 0 Å². The molecule has 0 radical (unpaired) electrons. The number of halogens is 3. The monoisotopic (exact) mass is 206 g/mol. The van der Waals surface area contributed by atoms with Crippen molar-refractivity contribution >= 4 is 5.78 Å². The van der Waals surface area contributed by atoms with Crippen LogP contribution in [0.15, 0.2) is 6.20 Å². The van der Waals surface area contributed by atoms with Crippen LogP contribution in [0.4, 0.5) is 13.2 Å². The van der Waals surface area contributed by atoms with Crippen molar-refractivity contribution in [3.8, 4) is 0 Å². The van der Waals surface area contributed by atoms with E-state index in [4.69, 9.17) is 0 Å². The highest BCUT2D eigenvalue weighted by molar-refractivity contribution is 5.95. The molecule has 0 bridgehead atoms. The van der Waals surface area contributed by atoms with Crippen LogP contribution in [0.2, 0.25) is 0 Å². The lowest BCUT2D eigenvalue weighted by Gasteiger charge is -2.02. The summed E-state index contributed by atoms with van der Waals surface area (Å²) < 4.78 is 38.1. The Hall–Kier alpha value is -1.33. The van der Waals surface area contributed by atoms with E-state index in [2.05, 4.69) is 5.10 Å². The van der Waals surface area contributed by atoms with Gasteiger partial charge >= 0.3 is 6.18 Å². The summed E-state index contributed by atoms with van der Waals surface area (Å²) in [6.45, 7) is 3.04. The lowest BCUT2D eigenvalue weighted by Crippen LogP contribution is -2.11. The fourth-order valence-electron chi connectivity index (χ4n) is 1.05. The number of alkyl halides is 3. The molecule has 78 valence electrons. The van der Waals surface area contributed by atoms with Crippen LogP contribution in [0.25, 0.3) is 0 Å². The van der Waals surface area contributed by atoms with Crippen LogP contribution in [0.3, 0.4) is 0 Å². The van der Waals surface area contributed by atoms with Gasteiger partial charge in [-0.15, -0.1) is 0 Å². The minimum Gasteiger partial charge on any atom is -0.294 e. The first-order chi connectivity index (χ1) is 6.36. The van der Waals surface area contributed by atoms with Crippen molar-refractivity contribution in [2.24, 2.45) is 0 Å². The fraction of sp³-hybridized carbons (Fsp3) is 0.500. The average molecular weight is 206 g/mol. The van der Waals surface area contributed by atoms with E-state index >= 15 is 0 Å². The number of hydrogen-bond acceptors (Lipinski definition) is 2. The Bertz CT molecular complexity index is 354. The van der Waals surface area contributed by atoms with Crippen molar-refractivity contribution in [2.45, 2.75) is 26.6 Å². The molecule has 1 rings (SSSR count). The van der Waals surface area contributed by atoms with Gasteiger partial charge in [0.15, 0.2) is 11.5 Å². The van der Waals surface area contributed by atoms with E-state index in [1.807, 2.05) is 0 Å². The van der Waals surface area contributed by atoms with E-state index in [1.54, 1.807) is 6.92 Å². The number of aryl methyl sites for hydroxylation is 1. The van der Waals surface area contributed by atoms with Gasteiger partial charge in [0.1, 0.15) is 0 Å². The van der Waals surface area contributed by atoms with Gasteiger partial charge in [-0.25, -0.2) is 0 Å². The minimum atomic E-state index is -4.57. The fourth-order valence-corrected chi connectivity index (χ4v) is 1.05. The molecule has 0 aliphatic rings. The second-order valence-electron chi connectivity index (χ2n) is 2.80. The molecule has 0 unspecified atom stereocenters. The minimum absolute atomic E-state index is 0.302. The number of nitrogens with zero attached hydrogens (tertiary/aromatic N) is 2. The zero-order valence-corrected chi connectivity index (χ0v) is 7.72. The first kappa shape index (κ1) is 10.7. The van der Waals surface area contributed by atoms with Crippen LogP contribution in [0.5, 0.6) is 0 Å². The first-order valence-corrected chi connectivity index (χ1v) is 4.01. The Morgan fingerprint density at radius 2 is 2.14 bits per heavy atom. The standard InChI is InChI=1S/C8H9F3N2O/c1-3-13-4-6(5(2)14)7(12-13)8(9,10)11/h4H,3H2,1-2H3. The van der Waals surface area contributed by atoms with Gasteiger partial charge in [0.05, 0.1) is 5.56 Å². The van der Waals surface area contributed by atoms with Crippen molar-refractivity contribution in [1.82, 2.24) is 9.78 Å². The number of rotatable bonds is 2. The van der Waals surface area contributed by atoms with Gasteiger partial charge in [-0.05, 0) is 13.8 Å². The molecular formula is C8H9F3N2O. The van der Waals surface area contributed by atoms with Crippen LogP contribution in [-0.4, -0.2) is 15.6 Å². The number of ketones is 1. The van der Waals surface area contributed by atoms with Crippen LogP contribution in [-0.2, 0) is 12.7 Å². The van der Waals surface area contributed by atoms with Crippen LogP contribution in [0.1, 0.15) is 29.9 Å². The van der Waals surface area contributed by atoms with Gasteiger partial charge in [-0.1, -0.05) is 0 Å². The summed E-state index contributed by atoms with van der Waals surface area (Å²) in [5.74, 6) is -0.628. The summed E-state index contributed by atoms with van der Waals surface area (Å²) in [7, 11) is 0. The molecule has 0 aliphatic carbocycles. The van der Waals surface area contributed by atoms with Gasteiger partial charge in [0, 0.05) is 12.7 Å². The number of hydrogen-bond donors (Lipinski definition) is 0. The van der Waals surface area contributed by atoms with Gasteiger partial charge in [0.2, 0.25) is 0 Å². The highest BCUT2D eigenvalue weighted by Crippen LogP contribution is 2.30. The SMILES string of the molecule is CCn1cc(C(C)=O)c(C(F)(F)F)n1. The molecule has 1 aromatic rings. The maximum atomic E-state index is 12.3. The van der Waals surface area contributed by atoms with E-state index in [1.165, 1.54) is 0 Å². The highest BCUT2D eigenvalue weighted by atomic mass is 19.4. The molecule has 0 atom stereocenters. The number of Topliss-reactive ketones (excluding diaryl/α,β-unsaturated/α-hetero) is 1. The molecule has 0 saturated carbocycles. The Kier molecular flexibility index (Phi) is 2.64. The molecule has 3 nitrogen and oxygen atoms in total. The molecule has 6 heteroatoms. The van der Waals surface area contributed by atoms with Crippen molar-refractivity contribution in [2.75, 3.05) is 0 Å². The van der Waals surface area contributed by atoms with Gasteiger partial charge < -0.3 is 0 Å². The third kappa shape index (κ3) is 1.94. The predicted molar refractivity (Wildman–Crippen MR) is 42.9 cm³/mol. The predicted octanol–water partition coefficient (Wildman–Crippen LogP) is 2.12. The second kappa shape index (κ2) is 3.43. The second-order valence-corrected chi connectivity index (χ2v) is 2.80. The van der Waals surface area contributed by atoms with Crippen LogP contribution < -0.4 is 0 Å². The molecule has 0 saturated heterocycles. The van der Waals surface area contributed by atoms with Gasteiger partial charge in [0.25, 0.3) is 0 Å². The van der Waals surface area contributed by atoms with Gasteiger partial charge in [-0.2, -0.15) is 18.3 Å². The van der Waals surface area contributed by atoms with E-state index in [9.17, 15) is 18.0 Å². The maximum absolute atomic E-state index is 12.3. The molecule has 14 heavy (non-hydrogen) atoms. The molecule has 0 spiro atoms. The van der Waals surface area contributed by atoms with E-state index < -0.39 is 17.7 Å². The average Bonchev–Trinajstić information content (AvgIpc) is 2.46. The van der Waals surface area contributed by atoms with Crippen molar-refractivity contribution in [3.05, 3.63) is 17.5 Å². The molecule has 0 fully saturated rings. The smallest absolute Gasteiger partial charge is 0.294 e. The zero-order chi connectivity index (χ0) is 10.9. The molecule has 1 aromatic heterocycles. The number of carbonyl (C=O) groups excluding carboxylic acids is 1. The lowest BCUT2D eigenvalue weighted by atomic mass is 10.2. The quantitative estimate of drug-likeness (QED) is 0.694. The number of carbonyl (C=O) groups is 1. The maximum Gasteiger partial charge on any atom is 0.435 e. The first-order valence-electron chi connectivity index (χ1n) is 4.01. The summed E-state index contributed by atoms with van der Waals surface area (Å²) >= 11 is 0. The molecule has 0 N–H and O–H groups in total. The normalized spacial score (nSPS) is 11.8. The Labute approximate surface area is 78.5 Å². The molecule has 0 amide bonds. The summed E-state index contributed by atoms with van der Waals surface area (Å²) in [5, 5.41) is 3.29. The summed E-state index contributed by atoms with van der Waals surface area (Å²) in [5.41, 5.74) is -1.48. The number of aromatic nitrogens is 2. The summed E-state index contributed by atoms with van der Waals surface area (Å²) in [6.07, 6.45) is -3.45. The Balaban J connectivity index is 3.26. The van der Waals surface area contributed by atoms with E-state index in [0.29, 0.717) is 6.54 Å². The Morgan fingerprint density at radius 1 is 1.57 bits per heavy atom. The van der Waals surface area contributed by atoms with Crippen LogP contribution in [0, 0.1) is 0 Å². The van der Waals surface area contributed by atoms with Crippen molar-refractivity contribution in [1.29, 1.82) is 0 Å². The van der Waals surface area contributed by atoms with Crippen molar-refractivity contribution < 1.29 is 18.0 Å². The Morgan fingerprint density at radius 3 is 2.43 bits per heavy atom. The highest BCUT2D eigenvalue weighted by Gasteiger charge is 2.38. The lowest BCUT2D eigenvalue weighted by molar-refractivity contribution is -0.141. The molecule has 0 aromatic carbocycles. The summed E-state index contributed by atoms with van der Waals surface area (Å²) in [4.78, 5) is 10.9.